The molecule has 15 heavy (non-hydrogen) atoms. The summed E-state index contributed by atoms with van der Waals surface area (Å²) in [6.07, 6.45) is 1.90. The topological polar surface area (TPSA) is 47.0 Å². The molecule has 0 saturated carbocycles. The van der Waals surface area contributed by atoms with Crippen molar-refractivity contribution < 1.29 is 8.42 Å². The zero-order valence-corrected chi connectivity index (χ0v) is 10.8. The number of halogens is 1. The third-order valence-electron chi connectivity index (χ3n) is 2.41. The van der Waals surface area contributed by atoms with Crippen LogP contribution in [0.1, 0.15) is 23.7 Å². The molecule has 0 spiro atoms. The molecular formula is C10H14ClNO2S. The minimum Gasteiger partial charge on any atom is -0.240 e. The Hall–Kier alpha value is -0.610. The van der Waals surface area contributed by atoms with Gasteiger partial charge in [0.1, 0.15) is 10.0 Å². The standard InChI is InChI=1S/C10H14ClNO2S/c1-5-8-6(2)9(15(4,13)14)10(11)12-7(8)3/h5H2,1-4H3. The summed E-state index contributed by atoms with van der Waals surface area (Å²) in [5.74, 6) is 0. The van der Waals surface area contributed by atoms with Gasteiger partial charge in [0.25, 0.3) is 0 Å². The lowest BCUT2D eigenvalue weighted by Gasteiger charge is -2.12. The molecule has 0 saturated heterocycles. The quantitative estimate of drug-likeness (QED) is 0.754. The molecule has 0 N–H and O–H groups in total. The maximum atomic E-state index is 11.5. The lowest BCUT2D eigenvalue weighted by molar-refractivity contribution is 0.600. The molecule has 3 nitrogen and oxygen atoms in total. The molecule has 0 fully saturated rings. The SMILES string of the molecule is CCc1c(C)nc(Cl)c(S(C)(=O)=O)c1C. The molecule has 0 aromatic carbocycles. The number of nitrogens with zero attached hydrogens (tertiary/aromatic N) is 1. The molecule has 0 unspecified atom stereocenters. The molecule has 0 atom stereocenters. The zero-order valence-electron chi connectivity index (χ0n) is 9.26. The van der Waals surface area contributed by atoms with Gasteiger partial charge in [0, 0.05) is 11.9 Å². The van der Waals surface area contributed by atoms with Gasteiger partial charge in [-0.05, 0) is 31.4 Å². The minimum absolute atomic E-state index is 0.0738. The third kappa shape index (κ3) is 2.32. The van der Waals surface area contributed by atoms with Crippen molar-refractivity contribution in [2.75, 3.05) is 6.26 Å². The molecule has 1 rings (SSSR count). The summed E-state index contributed by atoms with van der Waals surface area (Å²) in [7, 11) is -3.31. The van der Waals surface area contributed by atoms with Crippen molar-refractivity contribution in [3.05, 3.63) is 22.0 Å². The van der Waals surface area contributed by atoms with Crippen LogP contribution >= 0.6 is 11.6 Å². The Morgan fingerprint density at radius 3 is 2.27 bits per heavy atom. The largest absolute Gasteiger partial charge is 0.240 e. The van der Waals surface area contributed by atoms with Crippen molar-refractivity contribution in [1.82, 2.24) is 4.98 Å². The van der Waals surface area contributed by atoms with Crippen LogP contribution in [0.5, 0.6) is 0 Å². The van der Waals surface area contributed by atoms with Gasteiger partial charge in [-0.15, -0.1) is 0 Å². The van der Waals surface area contributed by atoms with Crippen molar-refractivity contribution >= 4 is 21.4 Å². The second-order valence-corrected chi connectivity index (χ2v) is 5.86. The van der Waals surface area contributed by atoms with Crippen LogP contribution in [0.3, 0.4) is 0 Å². The van der Waals surface area contributed by atoms with E-state index in [9.17, 15) is 8.42 Å². The highest BCUT2D eigenvalue weighted by Gasteiger charge is 2.20. The van der Waals surface area contributed by atoms with Gasteiger partial charge in [-0.1, -0.05) is 18.5 Å². The first-order chi connectivity index (χ1) is 6.79. The first-order valence-electron chi connectivity index (χ1n) is 4.64. The van der Waals surface area contributed by atoms with Gasteiger partial charge in [-0.25, -0.2) is 13.4 Å². The molecule has 0 aliphatic rings. The normalized spacial score (nSPS) is 11.8. The molecular weight excluding hydrogens is 234 g/mol. The Bertz CT molecular complexity index is 495. The van der Waals surface area contributed by atoms with Gasteiger partial charge in [0.2, 0.25) is 0 Å². The van der Waals surface area contributed by atoms with Crippen molar-refractivity contribution in [3.63, 3.8) is 0 Å². The summed E-state index contributed by atoms with van der Waals surface area (Å²) in [5, 5.41) is 0.0738. The molecule has 1 aromatic rings. The van der Waals surface area contributed by atoms with Crippen LogP contribution in [0.2, 0.25) is 5.15 Å². The first-order valence-corrected chi connectivity index (χ1v) is 6.91. The van der Waals surface area contributed by atoms with Crippen molar-refractivity contribution in [2.24, 2.45) is 0 Å². The van der Waals surface area contributed by atoms with Crippen LogP contribution in [0.4, 0.5) is 0 Å². The fourth-order valence-electron chi connectivity index (χ4n) is 1.78. The van der Waals surface area contributed by atoms with Gasteiger partial charge in [-0.2, -0.15) is 0 Å². The summed E-state index contributed by atoms with van der Waals surface area (Å²) in [6, 6.07) is 0. The predicted octanol–water partition coefficient (Wildman–Crippen LogP) is 2.32. The first kappa shape index (κ1) is 12.5. The van der Waals surface area contributed by atoms with E-state index in [-0.39, 0.29) is 10.0 Å². The summed E-state index contributed by atoms with van der Waals surface area (Å²) in [6.45, 7) is 5.58. The average molecular weight is 248 g/mol. The van der Waals surface area contributed by atoms with Crippen molar-refractivity contribution in [3.8, 4) is 0 Å². The number of rotatable bonds is 2. The van der Waals surface area contributed by atoms with E-state index < -0.39 is 9.84 Å². The molecule has 0 radical (unpaired) electrons. The van der Waals surface area contributed by atoms with Gasteiger partial charge >= 0.3 is 0 Å². The highest BCUT2D eigenvalue weighted by molar-refractivity contribution is 7.90. The van der Waals surface area contributed by atoms with Crippen LogP contribution in [0, 0.1) is 13.8 Å². The second kappa shape index (κ2) is 4.10. The number of hydrogen-bond donors (Lipinski definition) is 0. The van der Waals surface area contributed by atoms with Crippen molar-refractivity contribution in [2.45, 2.75) is 32.1 Å². The highest BCUT2D eigenvalue weighted by atomic mass is 35.5. The number of pyridine rings is 1. The Labute approximate surface area is 95.4 Å². The Morgan fingerprint density at radius 2 is 1.87 bits per heavy atom. The van der Waals surface area contributed by atoms with Crippen LogP contribution in [-0.4, -0.2) is 19.7 Å². The minimum atomic E-state index is -3.31. The molecule has 0 amide bonds. The maximum Gasteiger partial charge on any atom is 0.178 e. The van der Waals surface area contributed by atoms with Crippen LogP contribution in [0.15, 0.2) is 4.90 Å². The lowest BCUT2D eigenvalue weighted by Crippen LogP contribution is -2.07. The van der Waals surface area contributed by atoms with E-state index in [0.29, 0.717) is 0 Å². The Balaban J connectivity index is 3.68. The van der Waals surface area contributed by atoms with Crippen LogP contribution in [-0.2, 0) is 16.3 Å². The zero-order chi connectivity index (χ0) is 11.8. The van der Waals surface area contributed by atoms with E-state index >= 15 is 0 Å². The number of aromatic nitrogens is 1. The van der Waals surface area contributed by atoms with E-state index in [1.165, 1.54) is 0 Å². The Morgan fingerprint density at radius 1 is 1.33 bits per heavy atom. The summed E-state index contributed by atoms with van der Waals surface area (Å²) in [5.41, 5.74) is 2.48. The molecule has 5 heteroatoms. The van der Waals surface area contributed by atoms with E-state index in [0.717, 1.165) is 29.5 Å². The lowest BCUT2D eigenvalue weighted by atomic mass is 10.1. The smallest absolute Gasteiger partial charge is 0.178 e. The van der Waals surface area contributed by atoms with Gasteiger partial charge in [0.05, 0.1) is 0 Å². The Kier molecular flexibility index (Phi) is 3.41. The van der Waals surface area contributed by atoms with Crippen molar-refractivity contribution in [1.29, 1.82) is 0 Å². The van der Waals surface area contributed by atoms with E-state index in [1.54, 1.807) is 6.92 Å². The van der Waals surface area contributed by atoms with Crippen LogP contribution < -0.4 is 0 Å². The van der Waals surface area contributed by atoms with Gasteiger partial charge in [-0.3, -0.25) is 0 Å². The van der Waals surface area contributed by atoms with E-state index in [1.807, 2.05) is 13.8 Å². The fourth-order valence-corrected chi connectivity index (χ4v) is 3.50. The van der Waals surface area contributed by atoms with Crippen LogP contribution in [0.25, 0.3) is 0 Å². The highest BCUT2D eigenvalue weighted by Crippen LogP contribution is 2.27. The summed E-state index contributed by atoms with van der Waals surface area (Å²) >= 11 is 5.86. The monoisotopic (exact) mass is 247 g/mol. The molecule has 0 bridgehead atoms. The molecule has 84 valence electrons. The fraction of sp³-hybridized carbons (Fsp3) is 0.500. The molecule has 0 aliphatic carbocycles. The third-order valence-corrected chi connectivity index (χ3v) is 4.03. The molecule has 1 heterocycles. The maximum absolute atomic E-state index is 11.5. The predicted molar refractivity (Wildman–Crippen MR) is 61.2 cm³/mol. The summed E-state index contributed by atoms with van der Waals surface area (Å²) < 4.78 is 23.1. The van der Waals surface area contributed by atoms with E-state index in [2.05, 4.69) is 4.98 Å². The second-order valence-electron chi connectivity index (χ2n) is 3.55. The molecule has 0 aliphatic heterocycles. The summed E-state index contributed by atoms with van der Waals surface area (Å²) in [4.78, 5) is 4.22. The molecule has 1 aromatic heterocycles. The van der Waals surface area contributed by atoms with Gasteiger partial charge < -0.3 is 0 Å². The number of hydrogen-bond acceptors (Lipinski definition) is 3. The van der Waals surface area contributed by atoms with Gasteiger partial charge in [0.15, 0.2) is 9.84 Å². The van der Waals surface area contributed by atoms with E-state index in [4.69, 9.17) is 11.6 Å². The average Bonchev–Trinajstić information content (AvgIpc) is 2.00. The number of sulfone groups is 1. The number of aryl methyl sites for hydroxylation is 1.